The first-order chi connectivity index (χ1) is 11.8. The van der Waals surface area contributed by atoms with Crippen molar-refractivity contribution in [2.75, 3.05) is 26.8 Å². The van der Waals surface area contributed by atoms with Gasteiger partial charge in [-0.2, -0.15) is 0 Å². The number of nitrogens with zero attached hydrogens (tertiary/aromatic N) is 1. The molecule has 2 fully saturated rings. The van der Waals surface area contributed by atoms with Gasteiger partial charge in [-0.25, -0.2) is 0 Å². The highest BCUT2D eigenvalue weighted by Gasteiger charge is 2.26. The predicted octanol–water partition coefficient (Wildman–Crippen LogP) is 2.34. The first-order valence-corrected chi connectivity index (χ1v) is 9.01. The molecule has 24 heavy (non-hydrogen) atoms. The molecular weight excluding hydrogens is 304 g/mol. The Morgan fingerprint density at radius 2 is 2.21 bits per heavy atom. The fraction of sp³-hybridized carbons (Fsp3) is 0.632. The van der Waals surface area contributed by atoms with Gasteiger partial charge in [-0.15, -0.1) is 0 Å². The maximum atomic E-state index is 12.9. The molecule has 3 rings (SSSR count). The molecule has 1 aromatic carbocycles. The van der Waals surface area contributed by atoms with Crippen LogP contribution in [0.3, 0.4) is 0 Å². The SMILES string of the molecule is COc1ccccc1CN(CC1CCCO1)C(=O)CC1CCCN1. The van der Waals surface area contributed by atoms with E-state index < -0.39 is 0 Å². The van der Waals surface area contributed by atoms with Crippen molar-refractivity contribution in [2.45, 2.75) is 50.8 Å². The van der Waals surface area contributed by atoms with Crippen molar-refractivity contribution >= 4 is 5.91 Å². The molecule has 1 aromatic rings. The zero-order valence-corrected chi connectivity index (χ0v) is 14.5. The van der Waals surface area contributed by atoms with E-state index in [2.05, 4.69) is 5.32 Å². The normalized spacial score (nSPS) is 23.4. The minimum absolute atomic E-state index is 0.167. The van der Waals surface area contributed by atoms with Gasteiger partial charge < -0.3 is 19.7 Å². The average Bonchev–Trinajstić information content (AvgIpc) is 3.28. The van der Waals surface area contributed by atoms with Gasteiger partial charge in [0, 0.05) is 37.7 Å². The van der Waals surface area contributed by atoms with E-state index in [-0.39, 0.29) is 12.0 Å². The molecular formula is C19H28N2O3. The van der Waals surface area contributed by atoms with Crippen LogP contribution in [-0.2, 0) is 16.1 Å². The largest absolute Gasteiger partial charge is 0.496 e. The molecule has 0 radical (unpaired) electrons. The Morgan fingerprint density at radius 1 is 1.33 bits per heavy atom. The lowest BCUT2D eigenvalue weighted by Gasteiger charge is -2.27. The van der Waals surface area contributed by atoms with E-state index in [0.717, 1.165) is 50.1 Å². The lowest BCUT2D eigenvalue weighted by molar-refractivity contribution is -0.133. The van der Waals surface area contributed by atoms with Gasteiger partial charge in [-0.3, -0.25) is 4.79 Å². The van der Waals surface area contributed by atoms with E-state index in [1.54, 1.807) is 7.11 Å². The van der Waals surface area contributed by atoms with Crippen molar-refractivity contribution in [2.24, 2.45) is 0 Å². The van der Waals surface area contributed by atoms with Gasteiger partial charge in [0.25, 0.3) is 0 Å². The molecule has 5 nitrogen and oxygen atoms in total. The number of carbonyl (C=O) groups excluding carboxylic acids is 1. The minimum atomic E-state index is 0.167. The highest BCUT2D eigenvalue weighted by atomic mass is 16.5. The standard InChI is InChI=1S/C19H28N2O3/c1-23-18-9-3-2-6-15(18)13-21(14-17-8-5-11-24-17)19(22)12-16-7-4-10-20-16/h2-3,6,9,16-17,20H,4-5,7-8,10-14H2,1H3. The topological polar surface area (TPSA) is 50.8 Å². The third kappa shape index (κ3) is 4.48. The molecule has 5 heteroatoms. The Labute approximate surface area is 144 Å². The first-order valence-electron chi connectivity index (χ1n) is 9.01. The van der Waals surface area contributed by atoms with E-state index in [1.807, 2.05) is 29.2 Å². The molecule has 1 N–H and O–H groups in total. The van der Waals surface area contributed by atoms with E-state index in [0.29, 0.717) is 25.6 Å². The number of hydrogen-bond acceptors (Lipinski definition) is 4. The van der Waals surface area contributed by atoms with Gasteiger partial charge >= 0.3 is 0 Å². The van der Waals surface area contributed by atoms with E-state index in [9.17, 15) is 4.79 Å². The molecule has 1 amide bonds. The zero-order valence-electron chi connectivity index (χ0n) is 14.5. The number of para-hydroxylation sites is 1. The van der Waals surface area contributed by atoms with Crippen LogP contribution in [0.2, 0.25) is 0 Å². The Morgan fingerprint density at radius 3 is 2.92 bits per heavy atom. The van der Waals surface area contributed by atoms with Crippen LogP contribution in [0.4, 0.5) is 0 Å². The summed E-state index contributed by atoms with van der Waals surface area (Å²) in [6, 6.07) is 8.25. The summed E-state index contributed by atoms with van der Waals surface area (Å²) >= 11 is 0. The van der Waals surface area contributed by atoms with E-state index in [4.69, 9.17) is 9.47 Å². The van der Waals surface area contributed by atoms with Crippen molar-refractivity contribution in [3.05, 3.63) is 29.8 Å². The second kappa shape index (κ2) is 8.49. The van der Waals surface area contributed by atoms with Gasteiger partial charge in [0.05, 0.1) is 13.2 Å². The second-order valence-electron chi connectivity index (χ2n) is 6.72. The molecule has 2 aliphatic heterocycles. The molecule has 2 unspecified atom stereocenters. The average molecular weight is 332 g/mol. The molecule has 2 saturated heterocycles. The number of methoxy groups -OCH3 is 1. The van der Waals surface area contributed by atoms with Gasteiger partial charge in [-0.05, 0) is 38.3 Å². The molecule has 0 saturated carbocycles. The van der Waals surface area contributed by atoms with Crippen LogP contribution in [0, 0.1) is 0 Å². The van der Waals surface area contributed by atoms with E-state index in [1.165, 1.54) is 0 Å². The summed E-state index contributed by atoms with van der Waals surface area (Å²) in [6.45, 7) is 3.08. The van der Waals surface area contributed by atoms with E-state index >= 15 is 0 Å². The highest BCUT2D eigenvalue weighted by Crippen LogP contribution is 2.22. The molecule has 0 bridgehead atoms. The van der Waals surface area contributed by atoms with Crippen molar-refractivity contribution in [3.63, 3.8) is 0 Å². The predicted molar refractivity (Wildman–Crippen MR) is 93.0 cm³/mol. The van der Waals surface area contributed by atoms with Gasteiger partial charge in [0.2, 0.25) is 5.91 Å². The van der Waals surface area contributed by atoms with Crippen molar-refractivity contribution in [1.82, 2.24) is 10.2 Å². The third-order valence-corrected chi connectivity index (χ3v) is 4.94. The summed E-state index contributed by atoms with van der Waals surface area (Å²) in [4.78, 5) is 14.8. The maximum Gasteiger partial charge on any atom is 0.224 e. The van der Waals surface area contributed by atoms with Crippen LogP contribution >= 0.6 is 0 Å². The number of carbonyl (C=O) groups is 1. The smallest absolute Gasteiger partial charge is 0.224 e. The Hall–Kier alpha value is -1.59. The summed E-state index contributed by atoms with van der Waals surface area (Å²) in [6.07, 6.45) is 5.12. The summed E-state index contributed by atoms with van der Waals surface area (Å²) in [5.74, 6) is 1.04. The number of nitrogens with one attached hydrogen (secondary N) is 1. The molecule has 2 atom stereocenters. The lowest BCUT2D eigenvalue weighted by atomic mass is 10.1. The molecule has 0 aromatic heterocycles. The summed E-state index contributed by atoms with van der Waals surface area (Å²) in [5.41, 5.74) is 1.05. The van der Waals surface area contributed by atoms with Crippen LogP contribution in [-0.4, -0.2) is 49.8 Å². The van der Waals surface area contributed by atoms with Crippen LogP contribution in [0.25, 0.3) is 0 Å². The van der Waals surface area contributed by atoms with Crippen molar-refractivity contribution in [3.8, 4) is 5.75 Å². The number of rotatable bonds is 7. The van der Waals surface area contributed by atoms with Crippen LogP contribution in [0.5, 0.6) is 5.75 Å². The van der Waals surface area contributed by atoms with Gasteiger partial charge in [0.1, 0.15) is 5.75 Å². The molecule has 2 heterocycles. The minimum Gasteiger partial charge on any atom is -0.496 e. The number of amides is 1. The molecule has 132 valence electrons. The fourth-order valence-corrected chi connectivity index (χ4v) is 3.60. The summed E-state index contributed by atoms with van der Waals surface area (Å²) in [7, 11) is 1.67. The summed E-state index contributed by atoms with van der Waals surface area (Å²) in [5, 5.41) is 3.42. The quantitative estimate of drug-likeness (QED) is 0.833. The zero-order chi connectivity index (χ0) is 16.8. The lowest BCUT2D eigenvalue weighted by Crippen LogP contribution is -2.39. The van der Waals surface area contributed by atoms with Crippen molar-refractivity contribution < 1.29 is 14.3 Å². The molecule has 0 spiro atoms. The second-order valence-corrected chi connectivity index (χ2v) is 6.72. The van der Waals surface area contributed by atoms with Crippen LogP contribution < -0.4 is 10.1 Å². The van der Waals surface area contributed by atoms with Crippen LogP contribution in [0.15, 0.2) is 24.3 Å². The number of ether oxygens (including phenoxy) is 2. The number of hydrogen-bond donors (Lipinski definition) is 1. The molecule has 2 aliphatic rings. The summed E-state index contributed by atoms with van der Waals surface area (Å²) < 4.78 is 11.2. The number of benzene rings is 1. The fourth-order valence-electron chi connectivity index (χ4n) is 3.60. The van der Waals surface area contributed by atoms with Gasteiger partial charge in [0.15, 0.2) is 0 Å². The maximum absolute atomic E-state index is 12.9. The Bertz CT molecular complexity index is 537. The van der Waals surface area contributed by atoms with Crippen LogP contribution in [0.1, 0.15) is 37.7 Å². The third-order valence-electron chi connectivity index (χ3n) is 4.94. The van der Waals surface area contributed by atoms with Gasteiger partial charge in [-0.1, -0.05) is 18.2 Å². The monoisotopic (exact) mass is 332 g/mol. The Balaban J connectivity index is 1.69. The molecule has 0 aliphatic carbocycles. The van der Waals surface area contributed by atoms with Crippen molar-refractivity contribution in [1.29, 1.82) is 0 Å². The Kier molecular flexibility index (Phi) is 6.10. The highest BCUT2D eigenvalue weighted by molar-refractivity contribution is 5.77. The first kappa shape index (κ1) is 17.2.